The van der Waals surface area contributed by atoms with E-state index in [4.69, 9.17) is 5.11 Å². The molecule has 20 heavy (non-hydrogen) atoms. The Morgan fingerprint density at radius 3 is 2.70 bits per heavy atom. The molecular formula is C14H15NO4S. The Balaban J connectivity index is 2.46. The van der Waals surface area contributed by atoms with Gasteiger partial charge in [0.05, 0.1) is 16.2 Å². The molecule has 0 fully saturated rings. The second-order valence-electron chi connectivity index (χ2n) is 4.02. The molecule has 0 aromatic carbocycles. The highest BCUT2D eigenvalue weighted by Gasteiger charge is 2.10. The highest BCUT2D eigenvalue weighted by atomic mass is 32.1. The fourth-order valence-electron chi connectivity index (χ4n) is 1.35. The maximum absolute atomic E-state index is 11.7. The zero-order valence-electron chi connectivity index (χ0n) is 11.1. The predicted molar refractivity (Wildman–Crippen MR) is 75.7 cm³/mol. The third-order valence-corrected chi connectivity index (χ3v) is 3.32. The number of rotatable bonds is 6. The summed E-state index contributed by atoms with van der Waals surface area (Å²) >= 11 is 1.25. The Morgan fingerprint density at radius 2 is 2.05 bits per heavy atom. The van der Waals surface area contributed by atoms with Gasteiger partial charge in [-0.15, -0.1) is 11.3 Å². The van der Waals surface area contributed by atoms with Crippen molar-refractivity contribution in [1.29, 1.82) is 0 Å². The Kier molecular flexibility index (Phi) is 6.47. The van der Waals surface area contributed by atoms with E-state index in [0.29, 0.717) is 17.8 Å². The molecule has 0 radical (unpaired) electrons. The molecule has 5 nitrogen and oxygen atoms in total. The molecular weight excluding hydrogens is 278 g/mol. The van der Waals surface area contributed by atoms with Crippen molar-refractivity contribution in [2.24, 2.45) is 0 Å². The first kappa shape index (κ1) is 15.9. The first-order chi connectivity index (χ1) is 9.49. The lowest BCUT2D eigenvalue weighted by Gasteiger charge is -1.94. The van der Waals surface area contributed by atoms with E-state index in [9.17, 15) is 14.4 Å². The third kappa shape index (κ3) is 6.16. The van der Waals surface area contributed by atoms with Crippen LogP contribution >= 0.6 is 11.3 Å². The first-order valence-corrected chi connectivity index (χ1v) is 6.89. The largest absolute Gasteiger partial charge is 0.481 e. The summed E-state index contributed by atoms with van der Waals surface area (Å²) in [5.74, 6) is 4.56. The normalized spacial score (nSPS) is 9.45. The molecule has 6 heteroatoms. The van der Waals surface area contributed by atoms with Gasteiger partial charge in [0.2, 0.25) is 5.91 Å². The number of ketones is 1. The topological polar surface area (TPSA) is 83.5 Å². The molecule has 1 aromatic heterocycles. The van der Waals surface area contributed by atoms with Crippen LogP contribution in [0.5, 0.6) is 0 Å². The molecule has 0 saturated heterocycles. The van der Waals surface area contributed by atoms with Gasteiger partial charge in [0, 0.05) is 26.3 Å². The minimum atomic E-state index is -0.979. The number of nitrogens with one attached hydrogen (secondary N) is 1. The molecule has 2 N–H and O–H groups in total. The fourth-order valence-corrected chi connectivity index (χ4v) is 2.20. The van der Waals surface area contributed by atoms with Crippen LogP contribution in [-0.4, -0.2) is 29.3 Å². The van der Waals surface area contributed by atoms with Gasteiger partial charge in [-0.2, -0.15) is 0 Å². The van der Waals surface area contributed by atoms with Crippen LogP contribution in [0.3, 0.4) is 0 Å². The summed E-state index contributed by atoms with van der Waals surface area (Å²) in [6.45, 7) is 1.94. The Labute approximate surface area is 121 Å². The van der Waals surface area contributed by atoms with Gasteiger partial charge >= 0.3 is 5.97 Å². The number of carboxylic acids is 1. The standard InChI is InChI=1S/C14H15NO4S/c1-10(16)15-9-3-2-4-11-5-7-13(20-11)12(17)6-8-14(18)19/h5,7H,3,6,8-9H2,1H3,(H,15,16)(H,18,19). The number of hydrogen-bond acceptors (Lipinski definition) is 4. The average molecular weight is 293 g/mol. The van der Waals surface area contributed by atoms with E-state index >= 15 is 0 Å². The van der Waals surface area contributed by atoms with Crippen molar-refractivity contribution in [1.82, 2.24) is 5.32 Å². The number of carbonyl (C=O) groups is 3. The van der Waals surface area contributed by atoms with Crippen LogP contribution in [0.4, 0.5) is 0 Å². The van der Waals surface area contributed by atoms with Gasteiger partial charge in [-0.05, 0) is 12.1 Å². The zero-order valence-corrected chi connectivity index (χ0v) is 11.9. The van der Waals surface area contributed by atoms with Gasteiger partial charge in [-0.3, -0.25) is 14.4 Å². The van der Waals surface area contributed by atoms with E-state index in [1.807, 2.05) is 0 Å². The van der Waals surface area contributed by atoms with E-state index in [1.165, 1.54) is 18.3 Å². The summed E-state index contributed by atoms with van der Waals surface area (Å²) in [4.78, 5) is 34.0. The number of amides is 1. The van der Waals surface area contributed by atoms with Gasteiger partial charge in [0.1, 0.15) is 0 Å². The molecule has 0 unspecified atom stereocenters. The van der Waals surface area contributed by atoms with E-state index in [0.717, 1.165) is 4.88 Å². The van der Waals surface area contributed by atoms with Gasteiger partial charge in [0.15, 0.2) is 5.78 Å². The summed E-state index contributed by atoms with van der Waals surface area (Å²) in [5, 5.41) is 11.2. The van der Waals surface area contributed by atoms with Crippen molar-refractivity contribution < 1.29 is 19.5 Å². The highest BCUT2D eigenvalue weighted by molar-refractivity contribution is 7.14. The smallest absolute Gasteiger partial charge is 0.303 e. The van der Waals surface area contributed by atoms with Crippen molar-refractivity contribution in [3.05, 3.63) is 21.9 Å². The molecule has 0 aliphatic carbocycles. The molecule has 0 aliphatic heterocycles. The molecule has 1 amide bonds. The number of aliphatic carboxylic acids is 1. The number of carboxylic acid groups (broad SMARTS) is 1. The zero-order chi connectivity index (χ0) is 15.0. The minimum absolute atomic E-state index is 0.00521. The van der Waals surface area contributed by atoms with Gasteiger partial charge in [-0.1, -0.05) is 11.8 Å². The molecule has 1 heterocycles. The molecule has 0 bridgehead atoms. The number of thiophene rings is 1. The van der Waals surface area contributed by atoms with Crippen molar-refractivity contribution in [3.63, 3.8) is 0 Å². The lowest BCUT2D eigenvalue weighted by molar-refractivity contribution is -0.137. The monoisotopic (exact) mass is 293 g/mol. The van der Waals surface area contributed by atoms with Crippen molar-refractivity contribution in [2.75, 3.05) is 6.54 Å². The Bertz CT molecular complexity index is 565. The van der Waals surface area contributed by atoms with Gasteiger partial charge < -0.3 is 10.4 Å². The fraction of sp³-hybridized carbons (Fsp3) is 0.357. The molecule has 0 spiro atoms. The number of Topliss-reactive ketones (excluding diaryl/α,β-unsaturated/α-hetero) is 1. The molecule has 0 saturated carbocycles. The van der Waals surface area contributed by atoms with Gasteiger partial charge in [-0.25, -0.2) is 0 Å². The third-order valence-electron chi connectivity index (χ3n) is 2.28. The SMILES string of the molecule is CC(=O)NCCC#Cc1ccc(C(=O)CCC(=O)O)s1. The maximum atomic E-state index is 11.7. The highest BCUT2D eigenvalue weighted by Crippen LogP contribution is 2.17. The molecule has 1 rings (SSSR count). The summed E-state index contributed by atoms with van der Waals surface area (Å²) < 4.78 is 0. The Morgan fingerprint density at radius 1 is 1.30 bits per heavy atom. The molecule has 0 aliphatic rings. The van der Waals surface area contributed by atoms with E-state index in [1.54, 1.807) is 12.1 Å². The van der Waals surface area contributed by atoms with E-state index < -0.39 is 5.97 Å². The summed E-state index contributed by atoms with van der Waals surface area (Å²) in [6, 6.07) is 3.40. The van der Waals surface area contributed by atoms with Crippen molar-refractivity contribution in [3.8, 4) is 11.8 Å². The van der Waals surface area contributed by atoms with Crippen LogP contribution in [0.25, 0.3) is 0 Å². The van der Waals surface area contributed by atoms with Crippen LogP contribution in [0.2, 0.25) is 0 Å². The molecule has 1 aromatic rings. The van der Waals surface area contributed by atoms with E-state index in [2.05, 4.69) is 17.2 Å². The van der Waals surface area contributed by atoms with E-state index in [-0.39, 0.29) is 24.5 Å². The second-order valence-corrected chi connectivity index (χ2v) is 5.10. The second kappa shape index (κ2) is 8.12. The first-order valence-electron chi connectivity index (χ1n) is 6.07. The number of carbonyl (C=O) groups excluding carboxylic acids is 2. The summed E-state index contributed by atoms with van der Waals surface area (Å²) in [7, 11) is 0. The predicted octanol–water partition coefficient (Wildman–Crippen LogP) is 1.67. The van der Waals surface area contributed by atoms with Crippen LogP contribution < -0.4 is 5.32 Å². The number of hydrogen-bond donors (Lipinski definition) is 2. The maximum Gasteiger partial charge on any atom is 0.303 e. The van der Waals surface area contributed by atoms with Crippen molar-refractivity contribution >= 4 is 29.0 Å². The van der Waals surface area contributed by atoms with Crippen molar-refractivity contribution in [2.45, 2.75) is 26.2 Å². The quantitative estimate of drug-likeness (QED) is 0.475. The lowest BCUT2D eigenvalue weighted by Crippen LogP contribution is -2.20. The van der Waals surface area contributed by atoms with Gasteiger partial charge in [0.25, 0.3) is 0 Å². The summed E-state index contributed by atoms with van der Waals surface area (Å²) in [5.41, 5.74) is 0. The van der Waals surface area contributed by atoms with Crippen LogP contribution in [0.15, 0.2) is 12.1 Å². The summed E-state index contributed by atoms with van der Waals surface area (Å²) in [6.07, 6.45) is 0.388. The molecule has 106 valence electrons. The lowest BCUT2D eigenvalue weighted by atomic mass is 10.2. The minimum Gasteiger partial charge on any atom is -0.481 e. The van der Waals surface area contributed by atoms with Crippen LogP contribution in [-0.2, 0) is 9.59 Å². The average Bonchev–Trinajstić information content (AvgIpc) is 2.84. The molecule has 0 atom stereocenters. The Hall–Kier alpha value is -2.13. The van der Waals surface area contributed by atoms with Crippen LogP contribution in [0, 0.1) is 11.8 Å². The van der Waals surface area contributed by atoms with Crippen LogP contribution in [0.1, 0.15) is 40.7 Å².